The topological polar surface area (TPSA) is 82.0 Å². The van der Waals surface area contributed by atoms with Crippen molar-refractivity contribution in [3.63, 3.8) is 0 Å². The minimum Gasteiger partial charge on any atom is -0.395 e. The second kappa shape index (κ2) is 5.48. The van der Waals surface area contributed by atoms with Gasteiger partial charge in [-0.1, -0.05) is 23.4 Å². The number of carbonyl (C=O) groups excluding carboxylic acids is 1. The number of rotatable bonds is 4. The molecular formula is C8H10ClN3OS2. The van der Waals surface area contributed by atoms with Crippen LogP contribution in [0.4, 0.5) is 5.69 Å². The summed E-state index contributed by atoms with van der Waals surface area (Å²) < 4.78 is 0. The molecule has 0 radical (unpaired) electrons. The second-order valence-corrected chi connectivity index (χ2v) is 5.19. The summed E-state index contributed by atoms with van der Waals surface area (Å²) in [5.41, 5.74) is 11.3. The Morgan fingerprint density at radius 3 is 2.87 bits per heavy atom. The van der Waals surface area contributed by atoms with E-state index in [1.54, 1.807) is 11.8 Å². The summed E-state index contributed by atoms with van der Waals surface area (Å²) in [7, 11) is 0. The van der Waals surface area contributed by atoms with E-state index in [2.05, 4.69) is 4.98 Å². The van der Waals surface area contributed by atoms with Crippen LogP contribution in [0.25, 0.3) is 0 Å². The number of nitrogens with zero attached hydrogens (tertiary/aromatic N) is 1. The normalized spacial score (nSPS) is 10.3. The number of nitrogens with two attached hydrogens (primary N) is 2. The molecule has 82 valence electrons. The molecular weight excluding hydrogens is 254 g/mol. The van der Waals surface area contributed by atoms with Gasteiger partial charge in [0, 0.05) is 11.3 Å². The molecule has 0 saturated heterocycles. The minimum absolute atomic E-state index is 0.155. The molecule has 1 rings (SSSR count). The number of hydrogen-bond donors (Lipinski definition) is 2. The number of primary amides is 1. The third kappa shape index (κ3) is 2.93. The first kappa shape index (κ1) is 12.5. The van der Waals surface area contributed by atoms with Crippen LogP contribution in [0.15, 0.2) is 11.2 Å². The standard InChI is InChI=1S/C8H10ClN3OS2/c1-14-3-15-8-6(10)5(9)4(2-12-8)7(11)13/h2H,3,10H2,1H3,(H2,11,13). The largest absolute Gasteiger partial charge is 0.395 e. The summed E-state index contributed by atoms with van der Waals surface area (Å²) in [6.45, 7) is 0. The Balaban J connectivity index is 3.04. The Morgan fingerprint density at radius 2 is 2.33 bits per heavy atom. The molecule has 0 aromatic carbocycles. The number of carbonyl (C=O) groups is 1. The lowest BCUT2D eigenvalue weighted by Gasteiger charge is -2.07. The van der Waals surface area contributed by atoms with Gasteiger partial charge in [0.15, 0.2) is 0 Å². The molecule has 1 aromatic rings. The first-order chi connectivity index (χ1) is 7.07. The van der Waals surface area contributed by atoms with Crippen molar-refractivity contribution in [2.75, 3.05) is 17.1 Å². The van der Waals surface area contributed by atoms with Crippen LogP contribution >= 0.6 is 35.1 Å². The predicted octanol–water partition coefficient (Wildman–Crippen LogP) is 1.83. The van der Waals surface area contributed by atoms with Crippen LogP contribution in [-0.4, -0.2) is 22.2 Å². The van der Waals surface area contributed by atoms with Crippen molar-refractivity contribution in [1.82, 2.24) is 4.98 Å². The zero-order valence-corrected chi connectivity index (χ0v) is 10.4. The summed E-state index contributed by atoms with van der Waals surface area (Å²) in [5, 5.41) is 1.63. The molecule has 1 aromatic heterocycles. The van der Waals surface area contributed by atoms with E-state index in [0.717, 1.165) is 5.08 Å². The third-order valence-electron chi connectivity index (χ3n) is 1.59. The number of halogens is 1. The molecule has 0 atom stereocenters. The zero-order valence-electron chi connectivity index (χ0n) is 7.99. The quantitative estimate of drug-likeness (QED) is 0.640. The summed E-state index contributed by atoms with van der Waals surface area (Å²) in [6, 6.07) is 0. The van der Waals surface area contributed by atoms with Gasteiger partial charge < -0.3 is 11.5 Å². The van der Waals surface area contributed by atoms with Crippen molar-refractivity contribution in [2.45, 2.75) is 5.03 Å². The van der Waals surface area contributed by atoms with E-state index in [-0.39, 0.29) is 10.6 Å². The monoisotopic (exact) mass is 263 g/mol. The highest BCUT2D eigenvalue weighted by Crippen LogP contribution is 2.32. The Labute approximate surface area is 101 Å². The fourth-order valence-corrected chi connectivity index (χ4v) is 2.48. The molecule has 1 heterocycles. The van der Waals surface area contributed by atoms with E-state index in [1.807, 2.05) is 6.26 Å². The van der Waals surface area contributed by atoms with Gasteiger partial charge in [0.1, 0.15) is 5.03 Å². The molecule has 0 aliphatic rings. The van der Waals surface area contributed by atoms with Gasteiger partial charge in [0.05, 0.1) is 16.3 Å². The maximum Gasteiger partial charge on any atom is 0.251 e. The highest BCUT2D eigenvalue weighted by Gasteiger charge is 2.14. The number of thioether (sulfide) groups is 2. The Hall–Kier alpha value is -0.590. The summed E-state index contributed by atoms with van der Waals surface area (Å²) in [4.78, 5) is 15.0. The predicted molar refractivity (Wildman–Crippen MR) is 66.4 cm³/mol. The minimum atomic E-state index is -0.624. The van der Waals surface area contributed by atoms with Gasteiger partial charge in [0.2, 0.25) is 0 Å². The molecule has 0 saturated carbocycles. The van der Waals surface area contributed by atoms with Gasteiger partial charge in [-0.25, -0.2) is 4.98 Å². The lowest BCUT2D eigenvalue weighted by Crippen LogP contribution is -2.13. The smallest absolute Gasteiger partial charge is 0.251 e. The SMILES string of the molecule is CSCSc1ncc(C(N)=O)c(Cl)c1N. The first-order valence-corrected chi connectivity index (χ1v) is 6.69. The lowest BCUT2D eigenvalue weighted by atomic mass is 10.2. The number of amides is 1. The van der Waals surface area contributed by atoms with Crippen molar-refractivity contribution in [3.8, 4) is 0 Å². The molecule has 0 unspecified atom stereocenters. The van der Waals surface area contributed by atoms with Gasteiger partial charge in [-0.3, -0.25) is 4.79 Å². The Kier molecular flexibility index (Phi) is 4.56. The molecule has 0 aliphatic carbocycles. The van der Waals surface area contributed by atoms with Crippen LogP contribution in [0.2, 0.25) is 5.02 Å². The van der Waals surface area contributed by atoms with Gasteiger partial charge >= 0.3 is 0 Å². The van der Waals surface area contributed by atoms with Crippen molar-refractivity contribution in [3.05, 3.63) is 16.8 Å². The highest BCUT2D eigenvalue weighted by molar-refractivity contribution is 8.15. The van der Waals surface area contributed by atoms with Gasteiger partial charge in [-0.05, 0) is 6.26 Å². The van der Waals surface area contributed by atoms with E-state index in [0.29, 0.717) is 10.7 Å². The van der Waals surface area contributed by atoms with Crippen molar-refractivity contribution in [1.29, 1.82) is 0 Å². The third-order valence-corrected chi connectivity index (χ3v) is 4.01. The molecule has 15 heavy (non-hydrogen) atoms. The van der Waals surface area contributed by atoms with Gasteiger partial charge in [0.25, 0.3) is 5.91 Å². The van der Waals surface area contributed by atoms with Crippen molar-refractivity contribution < 1.29 is 4.79 Å². The zero-order chi connectivity index (χ0) is 11.4. The average Bonchev–Trinajstić information content (AvgIpc) is 2.20. The van der Waals surface area contributed by atoms with E-state index in [4.69, 9.17) is 23.1 Å². The first-order valence-electron chi connectivity index (χ1n) is 3.93. The summed E-state index contributed by atoms with van der Waals surface area (Å²) >= 11 is 9.01. The Morgan fingerprint density at radius 1 is 1.67 bits per heavy atom. The average molecular weight is 264 g/mol. The second-order valence-electron chi connectivity index (χ2n) is 2.62. The lowest BCUT2D eigenvalue weighted by molar-refractivity contribution is 0.1000. The van der Waals surface area contributed by atoms with Crippen LogP contribution in [0.5, 0.6) is 0 Å². The van der Waals surface area contributed by atoms with Crippen molar-refractivity contribution in [2.24, 2.45) is 5.73 Å². The number of pyridine rings is 1. The van der Waals surface area contributed by atoms with E-state index < -0.39 is 5.91 Å². The molecule has 0 aliphatic heterocycles. The van der Waals surface area contributed by atoms with Crippen LogP contribution in [0.3, 0.4) is 0 Å². The van der Waals surface area contributed by atoms with E-state index >= 15 is 0 Å². The van der Waals surface area contributed by atoms with Gasteiger partial charge in [-0.15, -0.1) is 0 Å². The summed E-state index contributed by atoms with van der Waals surface area (Å²) in [6.07, 6.45) is 3.33. The molecule has 7 heteroatoms. The van der Waals surface area contributed by atoms with Gasteiger partial charge in [-0.2, -0.15) is 11.8 Å². The molecule has 0 spiro atoms. The maximum absolute atomic E-state index is 10.9. The summed E-state index contributed by atoms with van der Waals surface area (Å²) in [5.74, 6) is -0.624. The van der Waals surface area contributed by atoms with Crippen LogP contribution in [0.1, 0.15) is 10.4 Å². The Bertz CT molecular complexity index is 386. The van der Waals surface area contributed by atoms with Crippen LogP contribution < -0.4 is 11.5 Å². The highest BCUT2D eigenvalue weighted by atomic mass is 35.5. The molecule has 1 amide bonds. The fraction of sp³-hybridized carbons (Fsp3) is 0.250. The van der Waals surface area contributed by atoms with E-state index in [1.165, 1.54) is 18.0 Å². The van der Waals surface area contributed by atoms with Crippen molar-refractivity contribution >= 4 is 46.7 Å². The molecule has 0 fully saturated rings. The molecule has 0 bridgehead atoms. The van der Waals surface area contributed by atoms with Crippen LogP contribution in [0, 0.1) is 0 Å². The number of anilines is 1. The maximum atomic E-state index is 10.9. The number of nitrogen functional groups attached to an aromatic ring is 1. The fourth-order valence-electron chi connectivity index (χ4n) is 0.890. The molecule has 4 N–H and O–H groups in total. The number of aromatic nitrogens is 1. The number of hydrogen-bond acceptors (Lipinski definition) is 5. The van der Waals surface area contributed by atoms with E-state index in [9.17, 15) is 4.79 Å². The van der Waals surface area contributed by atoms with Crippen LogP contribution in [-0.2, 0) is 0 Å². The molecule has 4 nitrogen and oxygen atoms in total.